The standard InChI is InChI=1S/C17H27NO/c1-13(2)10-18-8-7-17(3,4)16-6-5-14-11-19-12-15(14)9-16/h5-6,9,13,18H,7-8,10-12H2,1-4H3. The third-order valence-corrected chi connectivity index (χ3v) is 3.98. The van der Waals surface area contributed by atoms with E-state index in [-0.39, 0.29) is 5.41 Å². The van der Waals surface area contributed by atoms with Crippen LogP contribution in [-0.4, -0.2) is 13.1 Å². The Hall–Kier alpha value is -0.860. The summed E-state index contributed by atoms with van der Waals surface area (Å²) in [4.78, 5) is 0. The van der Waals surface area contributed by atoms with Gasteiger partial charge in [0.1, 0.15) is 0 Å². The number of fused-ring (bicyclic) bond motifs is 1. The molecule has 0 unspecified atom stereocenters. The first-order valence-corrected chi connectivity index (χ1v) is 7.40. The van der Waals surface area contributed by atoms with Gasteiger partial charge in [-0.25, -0.2) is 0 Å². The van der Waals surface area contributed by atoms with Crippen molar-refractivity contribution < 1.29 is 4.74 Å². The van der Waals surface area contributed by atoms with Crippen molar-refractivity contribution in [3.8, 4) is 0 Å². The minimum atomic E-state index is 0.224. The van der Waals surface area contributed by atoms with Crippen LogP contribution in [-0.2, 0) is 23.4 Å². The van der Waals surface area contributed by atoms with Crippen LogP contribution in [0.5, 0.6) is 0 Å². The number of ether oxygens (including phenoxy) is 1. The zero-order valence-electron chi connectivity index (χ0n) is 12.8. The summed E-state index contributed by atoms with van der Waals surface area (Å²) in [6, 6.07) is 6.85. The first-order valence-electron chi connectivity index (χ1n) is 7.40. The first kappa shape index (κ1) is 14.5. The number of hydrogen-bond acceptors (Lipinski definition) is 2. The summed E-state index contributed by atoms with van der Waals surface area (Å²) in [5.74, 6) is 0.722. The van der Waals surface area contributed by atoms with Gasteiger partial charge in [0.25, 0.3) is 0 Å². The molecule has 2 nitrogen and oxygen atoms in total. The predicted octanol–water partition coefficient (Wildman–Crippen LogP) is 3.63. The molecule has 0 aromatic heterocycles. The van der Waals surface area contributed by atoms with E-state index in [9.17, 15) is 0 Å². The molecular weight excluding hydrogens is 234 g/mol. The number of nitrogens with one attached hydrogen (secondary N) is 1. The Morgan fingerprint density at radius 2 is 1.95 bits per heavy atom. The summed E-state index contributed by atoms with van der Waals surface area (Å²) in [7, 11) is 0. The van der Waals surface area contributed by atoms with Crippen molar-refractivity contribution in [2.75, 3.05) is 13.1 Å². The second-order valence-electron chi connectivity index (χ2n) is 6.71. The third-order valence-electron chi connectivity index (χ3n) is 3.98. The summed E-state index contributed by atoms with van der Waals surface area (Å²) in [5.41, 5.74) is 4.39. The molecule has 1 N–H and O–H groups in total. The molecule has 1 aromatic rings. The molecule has 0 saturated heterocycles. The number of benzene rings is 1. The van der Waals surface area contributed by atoms with Gasteiger partial charge in [-0.15, -0.1) is 0 Å². The van der Waals surface area contributed by atoms with Crippen molar-refractivity contribution in [2.24, 2.45) is 5.92 Å². The smallest absolute Gasteiger partial charge is 0.0725 e. The summed E-state index contributed by atoms with van der Waals surface area (Å²) in [5, 5.41) is 3.54. The highest BCUT2D eigenvalue weighted by Crippen LogP contribution is 2.30. The van der Waals surface area contributed by atoms with Crippen molar-refractivity contribution in [2.45, 2.75) is 52.7 Å². The van der Waals surface area contributed by atoms with Crippen molar-refractivity contribution in [3.63, 3.8) is 0 Å². The van der Waals surface area contributed by atoms with Crippen LogP contribution in [0.1, 0.15) is 50.8 Å². The first-order chi connectivity index (χ1) is 8.99. The maximum Gasteiger partial charge on any atom is 0.0725 e. The summed E-state index contributed by atoms with van der Waals surface area (Å²) in [6.45, 7) is 12.9. The average Bonchev–Trinajstić information content (AvgIpc) is 2.81. The van der Waals surface area contributed by atoms with E-state index < -0.39 is 0 Å². The number of hydrogen-bond donors (Lipinski definition) is 1. The van der Waals surface area contributed by atoms with E-state index in [2.05, 4.69) is 51.2 Å². The van der Waals surface area contributed by atoms with Crippen LogP contribution >= 0.6 is 0 Å². The van der Waals surface area contributed by atoms with Crippen molar-refractivity contribution >= 4 is 0 Å². The lowest BCUT2D eigenvalue weighted by atomic mass is 9.80. The molecule has 1 heterocycles. The molecule has 0 spiro atoms. The molecule has 1 aromatic carbocycles. The molecule has 0 amide bonds. The maximum atomic E-state index is 5.50. The Bertz CT molecular complexity index is 423. The summed E-state index contributed by atoms with van der Waals surface area (Å²) in [6.07, 6.45) is 1.17. The average molecular weight is 261 g/mol. The van der Waals surface area contributed by atoms with E-state index in [1.165, 1.54) is 23.1 Å². The maximum absolute atomic E-state index is 5.50. The van der Waals surface area contributed by atoms with Gasteiger partial charge in [-0.3, -0.25) is 0 Å². The zero-order chi connectivity index (χ0) is 13.9. The highest BCUT2D eigenvalue weighted by molar-refractivity contribution is 5.36. The highest BCUT2D eigenvalue weighted by atomic mass is 16.5. The Labute approximate surface area is 117 Å². The molecule has 0 saturated carbocycles. The van der Waals surface area contributed by atoms with E-state index in [0.29, 0.717) is 0 Å². The van der Waals surface area contributed by atoms with E-state index in [1.807, 2.05) is 0 Å². The number of rotatable bonds is 6. The van der Waals surface area contributed by atoms with E-state index in [0.717, 1.165) is 32.2 Å². The van der Waals surface area contributed by atoms with Crippen LogP contribution in [0.25, 0.3) is 0 Å². The lowest BCUT2D eigenvalue weighted by Crippen LogP contribution is -2.27. The highest BCUT2D eigenvalue weighted by Gasteiger charge is 2.22. The minimum Gasteiger partial charge on any atom is -0.372 e. The van der Waals surface area contributed by atoms with Crippen molar-refractivity contribution in [1.82, 2.24) is 5.32 Å². The zero-order valence-corrected chi connectivity index (χ0v) is 12.8. The lowest BCUT2D eigenvalue weighted by molar-refractivity contribution is 0.134. The molecule has 0 radical (unpaired) electrons. The van der Waals surface area contributed by atoms with Crippen LogP contribution in [0, 0.1) is 5.92 Å². The fraction of sp³-hybridized carbons (Fsp3) is 0.647. The van der Waals surface area contributed by atoms with Crippen LogP contribution in [0.4, 0.5) is 0 Å². The van der Waals surface area contributed by atoms with Gasteiger partial charge in [-0.2, -0.15) is 0 Å². The van der Waals surface area contributed by atoms with Crippen LogP contribution < -0.4 is 5.32 Å². The molecule has 1 aliphatic heterocycles. The van der Waals surface area contributed by atoms with Gasteiger partial charge in [0, 0.05) is 0 Å². The van der Waals surface area contributed by atoms with E-state index in [1.54, 1.807) is 0 Å². The van der Waals surface area contributed by atoms with Crippen LogP contribution in [0.2, 0.25) is 0 Å². The van der Waals surface area contributed by atoms with Gasteiger partial charge in [0.2, 0.25) is 0 Å². The summed E-state index contributed by atoms with van der Waals surface area (Å²) < 4.78 is 5.50. The van der Waals surface area contributed by atoms with E-state index in [4.69, 9.17) is 4.74 Å². The molecule has 0 bridgehead atoms. The van der Waals surface area contributed by atoms with Crippen molar-refractivity contribution in [1.29, 1.82) is 0 Å². The SMILES string of the molecule is CC(C)CNCCC(C)(C)c1ccc2c(c1)COC2. The van der Waals surface area contributed by atoms with Gasteiger partial charge in [0.15, 0.2) is 0 Å². The molecular formula is C17H27NO. The summed E-state index contributed by atoms with van der Waals surface area (Å²) >= 11 is 0. The Balaban J connectivity index is 1.95. The molecule has 106 valence electrons. The van der Waals surface area contributed by atoms with Crippen molar-refractivity contribution in [3.05, 3.63) is 34.9 Å². The van der Waals surface area contributed by atoms with E-state index >= 15 is 0 Å². The molecule has 2 heteroatoms. The Kier molecular flexibility index (Phi) is 4.64. The van der Waals surface area contributed by atoms with Gasteiger partial charge >= 0.3 is 0 Å². The molecule has 19 heavy (non-hydrogen) atoms. The third kappa shape index (κ3) is 3.80. The van der Waals surface area contributed by atoms with Gasteiger partial charge in [0.05, 0.1) is 13.2 Å². The normalized spacial score (nSPS) is 15.0. The Morgan fingerprint density at radius 3 is 2.68 bits per heavy atom. The topological polar surface area (TPSA) is 21.3 Å². The molecule has 1 aliphatic rings. The molecule has 2 rings (SSSR count). The molecule has 0 fully saturated rings. The fourth-order valence-corrected chi connectivity index (χ4v) is 2.53. The Morgan fingerprint density at radius 1 is 1.21 bits per heavy atom. The lowest BCUT2D eigenvalue weighted by Gasteiger charge is -2.26. The second kappa shape index (κ2) is 6.06. The van der Waals surface area contributed by atoms with Crippen LogP contribution in [0.3, 0.4) is 0 Å². The van der Waals surface area contributed by atoms with Crippen LogP contribution in [0.15, 0.2) is 18.2 Å². The quantitative estimate of drug-likeness (QED) is 0.790. The monoisotopic (exact) mass is 261 g/mol. The van der Waals surface area contributed by atoms with Gasteiger partial charge in [-0.05, 0) is 47.5 Å². The molecule has 0 aliphatic carbocycles. The van der Waals surface area contributed by atoms with Gasteiger partial charge < -0.3 is 10.1 Å². The predicted molar refractivity (Wildman–Crippen MR) is 80.3 cm³/mol. The van der Waals surface area contributed by atoms with Gasteiger partial charge in [-0.1, -0.05) is 45.9 Å². The minimum absolute atomic E-state index is 0.224. The largest absolute Gasteiger partial charge is 0.372 e. The molecule has 0 atom stereocenters. The second-order valence-corrected chi connectivity index (χ2v) is 6.71. The fourth-order valence-electron chi connectivity index (χ4n) is 2.53.